The van der Waals surface area contributed by atoms with Crippen LogP contribution in [0.3, 0.4) is 0 Å². The monoisotopic (exact) mass is 221 g/mol. The molecule has 0 amide bonds. The topological polar surface area (TPSA) is 21.3 Å². The van der Waals surface area contributed by atoms with E-state index >= 15 is 0 Å². The van der Waals surface area contributed by atoms with Crippen LogP contribution < -0.4 is 10.1 Å². The second kappa shape index (κ2) is 8.17. The summed E-state index contributed by atoms with van der Waals surface area (Å²) in [6.07, 6.45) is 4.72. The van der Waals surface area contributed by atoms with Gasteiger partial charge in [-0.25, -0.2) is 0 Å². The van der Waals surface area contributed by atoms with E-state index in [-0.39, 0.29) is 0 Å². The van der Waals surface area contributed by atoms with Crippen molar-refractivity contribution in [2.45, 2.75) is 32.6 Å². The standard InChI is InChI=1S/C14H23NO/c1-3-4-5-12-16-14-8-6-13(7-9-14)10-11-15-2/h6-9,15H,3-5,10-12H2,1-2H3. The van der Waals surface area contributed by atoms with E-state index in [1.54, 1.807) is 0 Å². The number of ether oxygens (including phenoxy) is 1. The molecule has 1 N–H and O–H groups in total. The fourth-order valence-corrected chi connectivity index (χ4v) is 1.56. The Hall–Kier alpha value is -1.02. The first kappa shape index (κ1) is 13.0. The maximum atomic E-state index is 5.65. The fourth-order valence-electron chi connectivity index (χ4n) is 1.56. The van der Waals surface area contributed by atoms with Crippen LogP contribution in [0.25, 0.3) is 0 Å². The van der Waals surface area contributed by atoms with Gasteiger partial charge in [0.25, 0.3) is 0 Å². The lowest BCUT2D eigenvalue weighted by molar-refractivity contribution is 0.306. The highest BCUT2D eigenvalue weighted by atomic mass is 16.5. The van der Waals surface area contributed by atoms with E-state index in [1.165, 1.54) is 18.4 Å². The number of likely N-dealkylation sites (N-methyl/N-ethyl adjacent to an activating group) is 1. The lowest BCUT2D eigenvalue weighted by Crippen LogP contribution is -2.10. The highest BCUT2D eigenvalue weighted by Gasteiger charge is 1.95. The van der Waals surface area contributed by atoms with E-state index in [2.05, 4.69) is 36.5 Å². The molecule has 0 heterocycles. The van der Waals surface area contributed by atoms with Gasteiger partial charge in [-0.2, -0.15) is 0 Å². The fraction of sp³-hybridized carbons (Fsp3) is 0.571. The summed E-state index contributed by atoms with van der Waals surface area (Å²) < 4.78 is 5.65. The van der Waals surface area contributed by atoms with Crippen molar-refractivity contribution in [2.24, 2.45) is 0 Å². The molecule has 0 unspecified atom stereocenters. The maximum absolute atomic E-state index is 5.65. The molecule has 0 atom stereocenters. The van der Waals surface area contributed by atoms with Crippen molar-refractivity contribution >= 4 is 0 Å². The summed E-state index contributed by atoms with van der Waals surface area (Å²) in [5.74, 6) is 0.990. The SMILES string of the molecule is CCCCCOc1ccc(CCNC)cc1. The zero-order chi connectivity index (χ0) is 11.6. The van der Waals surface area contributed by atoms with Crippen LogP contribution in [0.1, 0.15) is 31.7 Å². The normalized spacial score (nSPS) is 10.4. The highest BCUT2D eigenvalue weighted by molar-refractivity contribution is 5.27. The van der Waals surface area contributed by atoms with Crippen molar-refractivity contribution in [1.82, 2.24) is 5.32 Å². The molecule has 0 saturated heterocycles. The molecule has 0 aromatic heterocycles. The molecule has 2 nitrogen and oxygen atoms in total. The largest absolute Gasteiger partial charge is 0.494 e. The minimum atomic E-state index is 0.837. The molecule has 1 aromatic carbocycles. The highest BCUT2D eigenvalue weighted by Crippen LogP contribution is 2.13. The van der Waals surface area contributed by atoms with Gasteiger partial charge in [0.2, 0.25) is 0 Å². The van der Waals surface area contributed by atoms with Crippen LogP contribution >= 0.6 is 0 Å². The predicted molar refractivity (Wildman–Crippen MR) is 69.1 cm³/mol. The smallest absolute Gasteiger partial charge is 0.119 e. The molecule has 0 aliphatic rings. The Morgan fingerprint density at radius 1 is 1.12 bits per heavy atom. The molecule has 1 rings (SSSR count). The Balaban J connectivity index is 2.27. The maximum Gasteiger partial charge on any atom is 0.119 e. The molecule has 90 valence electrons. The first-order valence-electron chi connectivity index (χ1n) is 6.23. The van der Waals surface area contributed by atoms with Crippen molar-refractivity contribution < 1.29 is 4.74 Å². The van der Waals surface area contributed by atoms with Gasteiger partial charge in [0.1, 0.15) is 5.75 Å². The molecule has 1 aromatic rings. The molecular weight excluding hydrogens is 198 g/mol. The Kier molecular flexibility index (Phi) is 6.66. The molecule has 0 fully saturated rings. The minimum absolute atomic E-state index is 0.837. The molecule has 0 bridgehead atoms. The molecule has 2 heteroatoms. The van der Waals surface area contributed by atoms with Gasteiger partial charge in [0.05, 0.1) is 6.61 Å². The lowest BCUT2D eigenvalue weighted by Gasteiger charge is -2.06. The first-order chi connectivity index (χ1) is 7.86. The molecule has 16 heavy (non-hydrogen) atoms. The summed E-state index contributed by atoms with van der Waals surface area (Å²) in [6.45, 7) is 4.07. The molecule has 0 saturated carbocycles. The van der Waals surface area contributed by atoms with Gasteiger partial charge in [-0.15, -0.1) is 0 Å². The van der Waals surface area contributed by atoms with Crippen molar-refractivity contribution in [3.8, 4) is 5.75 Å². The number of hydrogen-bond donors (Lipinski definition) is 1. The molecule has 0 spiro atoms. The number of rotatable bonds is 8. The minimum Gasteiger partial charge on any atom is -0.494 e. The number of hydrogen-bond acceptors (Lipinski definition) is 2. The van der Waals surface area contributed by atoms with Gasteiger partial charge in [0, 0.05) is 0 Å². The van der Waals surface area contributed by atoms with Gasteiger partial charge in [-0.1, -0.05) is 31.9 Å². The molecule has 0 aliphatic heterocycles. The van der Waals surface area contributed by atoms with Crippen LogP contribution in [0.15, 0.2) is 24.3 Å². The third-order valence-corrected chi connectivity index (χ3v) is 2.60. The van der Waals surface area contributed by atoms with Crippen molar-refractivity contribution in [3.63, 3.8) is 0 Å². The second-order valence-corrected chi connectivity index (χ2v) is 4.05. The molecule has 0 radical (unpaired) electrons. The van der Waals surface area contributed by atoms with Crippen molar-refractivity contribution in [2.75, 3.05) is 20.2 Å². The lowest BCUT2D eigenvalue weighted by atomic mass is 10.1. The Labute approximate surface area is 99.0 Å². The van der Waals surface area contributed by atoms with Crippen LogP contribution in [-0.4, -0.2) is 20.2 Å². The van der Waals surface area contributed by atoms with E-state index in [1.807, 2.05) is 7.05 Å². The van der Waals surface area contributed by atoms with Crippen LogP contribution in [0, 0.1) is 0 Å². The Morgan fingerprint density at radius 3 is 2.50 bits per heavy atom. The van der Waals surface area contributed by atoms with Crippen molar-refractivity contribution in [1.29, 1.82) is 0 Å². The zero-order valence-corrected chi connectivity index (χ0v) is 10.5. The number of nitrogens with one attached hydrogen (secondary N) is 1. The third-order valence-electron chi connectivity index (χ3n) is 2.60. The van der Waals surface area contributed by atoms with E-state index < -0.39 is 0 Å². The summed E-state index contributed by atoms with van der Waals surface area (Å²) in [4.78, 5) is 0. The Morgan fingerprint density at radius 2 is 1.88 bits per heavy atom. The Bertz CT molecular complexity index is 269. The van der Waals surface area contributed by atoms with E-state index in [4.69, 9.17) is 4.74 Å². The molecular formula is C14H23NO. The van der Waals surface area contributed by atoms with E-state index in [9.17, 15) is 0 Å². The van der Waals surface area contributed by atoms with E-state index in [0.717, 1.165) is 31.7 Å². The second-order valence-electron chi connectivity index (χ2n) is 4.05. The van der Waals surface area contributed by atoms with Gasteiger partial charge in [-0.05, 0) is 44.1 Å². The average Bonchev–Trinajstić information content (AvgIpc) is 2.33. The summed E-state index contributed by atoms with van der Waals surface area (Å²) in [7, 11) is 1.98. The van der Waals surface area contributed by atoms with Crippen LogP contribution in [0.4, 0.5) is 0 Å². The first-order valence-corrected chi connectivity index (χ1v) is 6.23. The van der Waals surface area contributed by atoms with Crippen molar-refractivity contribution in [3.05, 3.63) is 29.8 Å². The summed E-state index contributed by atoms with van der Waals surface area (Å²) >= 11 is 0. The van der Waals surface area contributed by atoms with Gasteiger partial charge >= 0.3 is 0 Å². The van der Waals surface area contributed by atoms with E-state index in [0.29, 0.717) is 0 Å². The van der Waals surface area contributed by atoms with Crippen LogP contribution in [0.2, 0.25) is 0 Å². The quantitative estimate of drug-likeness (QED) is 0.681. The van der Waals surface area contributed by atoms with Gasteiger partial charge < -0.3 is 10.1 Å². The third kappa shape index (κ3) is 5.17. The summed E-state index contributed by atoms with van der Waals surface area (Å²) in [5.41, 5.74) is 1.36. The van der Waals surface area contributed by atoms with Gasteiger partial charge in [0.15, 0.2) is 0 Å². The summed E-state index contributed by atoms with van der Waals surface area (Å²) in [5, 5.41) is 3.15. The average molecular weight is 221 g/mol. The predicted octanol–water partition coefficient (Wildman–Crippen LogP) is 3.02. The van der Waals surface area contributed by atoms with Crippen LogP contribution in [0.5, 0.6) is 5.75 Å². The molecule has 0 aliphatic carbocycles. The van der Waals surface area contributed by atoms with Gasteiger partial charge in [-0.3, -0.25) is 0 Å². The zero-order valence-electron chi connectivity index (χ0n) is 10.5. The number of unbranched alkanes of at least 4 members (excludes halogenated alkanes) is 2. The van der Waals surface area contributed by atoms with Crippen LogP contribution in [-0.2, 0) is 6.42 Å². The summed E-state index contributed by atoms with van der Waals surface area (Å²) in [6, 6.07) is 8.42. The number of benzene rings is 1.